The Bertz CT molecular complexity index is 211. The molecule has 0 spiro atoms. The molecule has 0 aromatic heterocycles. The molecular formula is C12H24N2O2. The van der Waals surface area contributed by atoms with Crippen molar-refractivity contribution in [3.8, 4) is 0 Å². The highest BCUT2D eigenvalue weighted by atomic mass is 16.5. The molecule has 0 aliphatic carbocycles. The van der Waals surface area contributed by atoms with Crippen molar-refractivity contribution in [3.05, 3.63) is 0 Å². The molecule has 0 amide bonds. The van der Waals surface area contributed by atoms with Crippen LogP contribution in [-0.4, -0.2) is 30.8 Å². The van der Waals surface area contributed by atoms with Crippen molar-refractivity contribution in [2.75, 3.05) is 6.61 Å². The second-order valence-corrected chi connectivity index (χ2v) is 4.70. The number of ether oxygens (including phenoxy) is 2. The minimum absolute atomic E-state index is 0.272. The lowest BCUT2D eigenvalue weighted by molar-refractivity contribution is -0.102. The molecule has 1 aliphatic heterocycles. The lowest BCUT2D eigenvalue weighted by Crippen LogP contribution is -2.34. The van der Waals surface area contributed by atoms with Crippen molar-refractivity contribution in [3.63, 3.8) is 0 Å². The third-order valence-electron chi connectivity index (χ3n) is 2.85. The van der Waals surface area contributed by atoms with Gasteiger partial charge in [-0.1, -0.05) is 0 Å². The van der Waals surface area contributed by atoms with Crippen molar-refractivity contribution in [1.82, 2.24) is 0 Å². The maximum atomic E-state index is 7.10. The SMILES string of the molecule is CC1CC(OCCCCC(=N)N)CC(C)O1. The molecule has 0 saturated carbocycles. The van der Waals surface area contributed by atoms with E-state index in [9.17, 15) is 0 Å². The summed E-state index contributed by atoms with van der Waals surface area (Å²) in [6, 6.07) is 0. The van der Waals surface area contributed by atoms with Gasteiger partial charge in [-0.3, -0.25) is 5.41 Å². The lowest BCUT2D eigenvalue weighted by Gasteiger charge is -2.32. The largest absolute Gasteiger partial charge is 0.388 e. The molecule has 0 bridgehead atoms. The van der Waals surface area contributed by atoms with E-state index in [1.807, 2.05) is 0 Å². The van der Waals surface area contributed by atoms with Gasteiger partial charge in [-0.2, -0.15) is 0 Å². The molecule has 0 aromatic carbocycles. The van der Waals surface area contributed by atoms with Crippen LogP contribution >= 0.6 is 0 Å². The normalized spacial score (nSPS) is 30.2. The molecule has 2 unspecified atom stereocenters. The molecule has 1 heterocycles. The number of nitrogens with one attached hydrogen (secondary N) is 1. The minimum atomic E-state index is 0.272. The highest BCUT2D eigenvalue weighted by Gasteiger charge is 2.24. The van der Waals surface area contributed by atoms with E-state index in [2.05, 4.69) is 13.8 Å². The average molecular weight is 228 g/mol. The predicted octanol–water partition coefficient (Wildman–Crippen LogP) is 2.07. The first-order valence-corrected chi connectivity index (χ1v) is 6.18. The third kappa shape index (κ3) is 5.47. The Morgan fingerprint density at radius 3 is 2.50 bits per heavy atom. The standard InChI is InChI=1S/C12H24N2O2/c1-9-7-11(8-10(2)16-9)15-6-4-3-5-12(13)14/h9-11H,3-8H2,1-2H3,(H3,13,14). The van der Waals surface area contributed by atoms with Gasteiger partial charge in [0.1, 0.15) is 0 Å². The Kier molecular flexibility index (Phi) is 5.77. The summed E-state index contributed by atoms with van der Waals surface area (Å²) in [6.07, 6.45) is 5.58. The molecule has 3 N–H and O–H groups in total. The number of hydrogen-bond donors (Lipinski definition) is 2. The summed E-state index contributed by atoms with van der Waals surface area (Å²) in [5, 5.41) is 7.10. The number of nitrogens with two attached hydrogens (primary N) is 1. The first kappa shape index (κ1) is 13.5. The van der Waals surface area contributed by atoms with Crippen molar-refractivity contribution < 1.29 is 9.47 Å². The van der Waals surface area contributed by atoms with Gasteiger partial charge in [0.25, 0.3) is 0 Å². The third-order valence-corrected chi connectivity index (χ3v) is 2.85. The summed E-state index contributed by atoms with van der Waals surface area (Å²) >= 11 is 0. The number of unbranched alkanes of at least 4 members (excludes halogenated alkanes) is 1. The van der Waals surface area contributed by atoms with Crippen LogP contribution in [0.4, 0.5) is 0 Å². The Morgan fingerprint density at radius 1 is 1.31 bits per heavy atom. The zero-order chi connectivity index (χ0) is 12.0. The molecule has 1 aliphatic rings. The van der Waals surface area contributed by atoms with E-state index >= 15 is 0 Å². The topological polar surface area (TPSA) is 68.3 Å². The molecule has 4 heteroatoms. The van der Waals surface area contributed by atoms with Crippen LogP contribution in [0.1, 0.15) is 46.0 Å². The van der Waals surface area contributed by atoms with Crippen LogP contribution in [0.15, 0.2) is 0 Å². The van der Waals surface area contributed by atoms with E-state index in [0.717, 1.165) is 32.3 Å². The van der Waals surface area contributed by atoms with Gasteiger partial charge in [-0.15, -0.1) is 0 Å². The highest BCUT2D eigenvalue weighted by molar-refractivity contribution is 5.76. The quantitative estimate of drug-likeness (QED) is 0.415. The molecule has 4 nitrogen and oxygen atoms in total. The van der Waals surface area contributed by atoms with Crippen LogP contribution in [0.25, 0.3) is 0 Å². The molecular weight excluding hydrogens is 204 g/mol. The lowest BCUT2D eigenvalue weighted by atomic mass is 10.0. The first-order chi connectivity index (χ1) is 7.58. The van der Waals surface area contributed by atoms with Gasteiger partial charge in [0.05, 0.1) is 24.1 Å². The maximum absolute atomic E-state index is 7.10. The van der Waals surface area contributed by atoms with Crippen LogP contribution in [0, 0.1) is 5.41 Å². The van der Waals surface area contributed by atoms with Gasteiger partial charge < -0.3 is 15.2 Å². The summed E-state index contributed by atoms with van der Waals surface area (Å²) < 4.78 is 11.5. The molecule has 1 saturated heterocycles. The predicted molar refractivity (Wildman–Crippen MR) is 64.7 cm³/mol. The maximum Gasteiger partial charge on any atom is 0.0905 e. The van der Waals surface area contributed by atoms with E-state index in [0.29, 0.717) is 24.7 Å². The minimum Gasteiger partial charge on any atom is -0.388 e. The second-order valence-electron chi connectivity index (χ2n) is 4.70. The molecule has 1 fully saturated rings. The highest BCUT2D eigenvalue weighted by Crippen LogP contribution is 2.21. The number of amidine groups is 1. The Labute approximate surface area is 98.0 Å². The van der Waals surface area contributed by atoms with E-state index in [1.165, 1.54) is 0 Å². The van der Waals surface area contributed by atoms with Crippen LogP contribution < -0.4 is 5.73 Å². The zero-order valence-corrected chi connectivity index (χ0v) is 10.4. The molecule has 0 radical (unpaired) electrons. The van der Waals surface area contributed by atoms with Crippen LogP contribution in [0.2, 0.25) is 0 Å². The molecule has 1 rings (SSSR count). The first-order valence-electron chi connectivity index (χ1n) is 6.18. The molecule has 16 heavy (non-hydrogen) atoms. The van der Waals surface area contributed by atoms with Gasteiger partial charge in [-0.25, -0.2) is 0 Å². The van der Waals surface area contributed by atoms with E-state index in [4.69, 9.17) is 20.6 Å². The van der Waals surface area contributed by atoms with E-state index < -0.39 is 0 Å². The monoisotopic (exact) mass is 228 g/mol. The van der Waals surface area contributed by atoms with Gasteiger partial charge in [0, 0.05) is 13.0 Å². The smallest absolute Gasteiger partial charge is 0.0905 e. The Hall–Kier alpha value is -0.610. The summed E-state index contributed by atoms with van der Waals surface area (Å²) in [6.45, 7) is 4.97. The Morgan fingerprint density at radius 2 is 1.94 bits per heavy atom. The number of hydrogen-bond acceptors (Lipinski definition) is 3. The van der Waals surface area contributed by atoms with Crippen LogP contribution in [0.5, 0.6) is 0 Å². The van der Waals surface area contributed by atoms with Crippen molar-refractivity contribution in [2.24, 2.45) is 5.73 Å². The second kappa shape index (κ2) is 6.86. The fourth-order valence-corrected chi connectivity index (χ4v) is 2.15. The van der Waals surface area contributed by atoms with Crippen LogP contribution in [-0.2, 0) is 9.47 Å². The molecule has 0 aromatic rings. The summed E-state index contributed by atoms with van der Waals surface area (Å²) in [7, 11) is 0. The van der Waals surface area contributed by atoms with Gasteiger partial charge in [-0.05, 0) is 39.5 Å². The van der Waals surface area contributed by atoms with Crippen LogP contribution in [0.3, 0.4) is 0 Å². The van der Waals surface area contributed by atoms with Crippen molar-refractivity contribution >= 4 is 5.84 Å². The van der Waals surface area contributed by atoms with E-state index in [-0.39, 0.29) is 5.84 Å². The van der Waals surface area contributed by atoms with Crippen molar-refractivity contribution in [1.29, 1.82) is 5.41 Å². The fraction of sp³-hybridized carbons (Fsp3) is 0.917. The zero-order valence-electron chi connectivity index (χ0n) is 10.4. The van der Waals surface area contributed by atoms with Crippen molar-refractivity contribution in [2.45, 2.75) is 64.3 Å². The van der Waals surface area contributed by atoms with Gasteiger partial charge in [0.15, 0.2) is 0 Å². The average Bonchev–Trinajstić information content (AvgIpc) is 2.15. The van der Waals surface area contributed by atoms with Gasteiger partial charge in [0.2, 0.25) is 0 Å². The Balaban J connectivity index is 2.06. The summed E-state index contributed by atoms with van der Waals surface area (Å²) in [4.78, 5) is 0. The number of rotatable bonds is 6. The fourth-order valence-electron chi connectivity index (χ4n) is 2.15. The van der Waals surface area contributed by atoms with E-state index in [1.54, 1.807) is 0 Å². The van der Waals surface area contributed by atoms with Gasteiger partial charge >= 0.3 is 0 Å². The summed E-state index contributed by atoms with van der Waals surface area (Å²) in [5.74, 6) is 0.272. The molecule has 94 valence electrons. The summed E-state index contributed by atoms with van der Waals surface area (Å²) in [5.41, 5.74) is 5.28. The molecule has 2 atom stereocenters.